The van der Waals surface area contributed by atoms with Gasteiger partial charge in [0.1, 0.15) is 98.7 Å². The second-order valence-electron chi connectivity index (χ2n) is 23.7. The van der Waals surface area contributed by atoms with Crippen LogP contribution < -0.4 is 9.47 Å². The lowest BCUT2D eigenvalue weighted by molar-refractivity contribution is -0.156. The maximum atomic E-state index is 13.4. The molecule has 0 saturated carbocycles. The molecule has 0 spiro atoms. The van der Waals surface area contributed by atoms with Gasteiger partial charge in [-0.15, -0.1) is 87.4 Å². The number of carbonyl (C=O) groups excluding carboxylic acids is 7. The third-order valence-electron chi connectivity index (χ3n) is 16.6. The zero-order valence-corrected chi connectivity index (χ0v) is 63.0. The van der Waals surface area contributed by atoms with Crippen LogP contribution in [0, 0.1) is 32.6 Å². The summed E-state index contributed by atoms with van der Waals surface area (Å²) in [5.74, 6) is -0.508. The number of carbonyl (C=O) groups is 8. The van der Waals surface area contributed by atoms with Crippen molar-refractivity contribution in [3.05, 3.63) is 156 Å². The van der Waals surface area contributed by atoms with Crippen LogP contribution in [0.1, 0.15) is 56.0 Å². The average Bonchev–Trinajstić information content (AvgIpc) is 1.38. The number of fused-ring (bicyclic) bond motifs is 3. The number of phenolic OH excluding ortho intramolecular Hbond substituents is 1. The first-order chi connectivity index (χ1) is 50.8. The predicted molar refractivity (Wildman–Crippen MR) is 389 cm³/mol. The van der Waals surface area contributed by atoms with Gasteiger partial charge in [-0.1, -0.05) is 82.6 Å². The Morgan fingerprint density at radius 1 is 0.571 bits per heavy atom. The summed E-state index contributed by atoms with van der Waals surface area (Å²) >= 11 is 11.9. The number of tetrazole rings is 2. The number of thioether (sulfide) groups is 5. The zero-order valence-electron chi connectivity index (χ0n) is 56.4. The number of aromatic nitrogens is 14. The van der Waals surface area contributed by atoms with Crippen LogP contribution in [0.2, 0.25) is 0 Å². The summed E-state index contributed by atoms with van der Waals surface area (Å²) < 4.78 is 25.8. The number of aromatic hydroxyl groups is 1. The molecule has 0 aliphatic carbocycles. The first-order valence-corrected chi connectivity index (χ1v) is 39.6. The number of ether oxygens (including phenoxy) is 4. The Kier molecular flexibility index (Phi) is 24.9. The zero-order chi connectivity index (χ0) is 73.8. The topological polar surface area (TPSA) is 401 Å². The second-order valence-corrected chi connectivity index (χ2v) is 33.1. The Bertz CT molecular complexity index is 4670. The molecular formula is C65H64N18O14S8. The smallest absolute Gasteiger partial charge is 0.355 e. The molecule has 3 aromatic carbocycles. The maximum absolute atomic E-state index is 13.4. The van der Waals surface area contributed by atoms with Crippen LogP contribution >= 0.6 is 92.8 Å². The van der Waals surface area contributed by atoms with Crippen LogP contribution in [0.25, 0.3) is 0 Å². The van der Waals surface area contributed by atoms with Crippen LogP contribution in [0.4, 0.5) is 0 Å². The Morgan fingerprint density at radius 3 is 1.50 bits per heavy atom. The van der Waals surface area contributed by atoms with Crippen molar-refractivity contribution in [3.8, 4) is 17.2 Å². The Labute approximate surface area is 631 Å². The summed E-state index contributed by atoms with van der Waals surface area (Å²) in [6.07, 6.45) is 5.47. The molecule has 0 unspecified atom stereocenters. The van der Waals surface area contributed by atoms with E-state index in [1.807, 2.05) is 45.0 Å². The number of para-hydroxylation sites is 1. The molecule has 40 heteroatoms. The lowest BCUT2D eigenvalue weighted by atomic mass is 9.90. The van der Waals surface area contributed by atoms with Gasteiger partial charge < -0.3 is 29.2 Å². The van der Waals surface area contributed by atoms with Gasteiger partial charge in [-0.05, 0) is 112 Å². The van der Waals surface area contributed by atoms with Crippen molar-refractivity contribution in [3.63, 3.8) is 0 Å². The Balaban J connectivity index is 0.000000149. The number of β-lactam (4-membered cyclic amide) rings is 3. The minimum absolute atomic E-state index is 0.01000. The van der Waals surface area contributed by atoms with E-state index >= 15 is 0 Å². The van der Waals surface area contributed by atoms with E-state index in [9.17, 15) is 48.6 Å². The van der Waals surface area contributed by atoms with Gasteiger partial charge >= 0.3 is 17.9 Å². The van der Waals surface area contributed by atoms with Gasteiger partial charge in [0.25, 0.3) is 5.91 Å². The number of ketones is 2. The summed E-state index contributed by atoms with van der Waals surface area (Å²) in [6.45, 7) is 5.73. The minimum atomic E-state index is -1.13. The number of carboxylic acids is 1. The van der Waals surface area contributed by atoms with Crippen molar-refractivity contribution in [1.29, 1.82) is 0 Å². The van der Waals surface area contributed by atoms with E-state index in [1.165, 1.54) is 112 Å². The lowest BCUT2D eigenvalue weighted by Gasteiger charge is -2.49. The van der Waals surface area contributed by atoms with Crippen molar-refractivity contribution in [2.24, 2.45) is 16.8 Å². The summed E-state index contributed by atoms with van der Waals surface area (Å²) in [4.78, 5) is 111. The molecule has 3 amide bonds. The highest BCUT2D eigenvalue weighted by Crippen LogP contribution is 2.49. The van der Waals surface area contributed by atoms with E-state index in [1.54, 1.807) is 86.3 Å². The molecule has 2 N–H and O–H groups in total. The van der Waals surface area contributed by atoms with Crippen LogP contribution in [-0.2, 0) is 80.6 Å². The molecule has 546 valence electrons. The largest absolute Gasteiger partial charge is 0.507 e. The molecule has 105 heavy (non-hydrogen) atoms. The van der Waals surface area contributed by atoms with Crippen molar-refractivity contribution in [2.45, 2.75) is 104 Å². The predicted octanol–water partition coefficient (Wildman–Crippen LogP) is 6.47. The molecule has 14 rings (SSSR count). The molecule has 6 atom stereocenters. The van der Waals surface area contributed by atoms with Gasteiger partial charge in [0.05, 0.1) is 36.8 Å². The Hall–Kier alpha value is -9.32. The first kappa shape index (κ1) is 75.4. The van der Waals surface area contributed by atoms with E-state index in [4.69, 9.17) is 18.9 Å². The number of phenols is 1. The number of benzene rings is 3. The number of aliphatic carboxylic acids is 1. The fraction of sp³-hybridized carbons (Fsp3) is 0.369. The number of carboxylic acid groups (broad SMARTS) is 1. The van der Waals surface area contributed by atoms with E-state index in [0.29, 0.717) is 69.9 Å². The number of aryl methyl sites for hydroxylation is 4. The summed E-state index contributed by atoms with van der Waals surface area (Å²) in [5, 5.41) is 67.9. The number of nitrogens with zero attached hydrogens (tertiary/aromatic N) is 18. The van der Waals surface area contributed by atoms with Crippen molar-refractivity contribution < 1.29 is 67.5 Å². The number of hydrogen-bond acceptors (Lipinski definition) is 34. The van der Waals surface area contributed by atoms with Crippen LogP contribution in [0.5, 0.6) is 17.2 Å². The standard InChI is InChI=1S/C27H26N4O5S2.C23H23N7O5S3.C15H15N7O4S3/c1-16-29-30-22(38-16)12-9-19-15-37-26-23(28-13-18-5-3-4-6-21(18)32)25(33)31(26)24(19)27(34)36-14-17-7-10-20(35-2)11-8-17;1-13-25-26-23(38-13)37-11-15-10-36-21-18(7-16(31)8-29-12-24-27-28-29)20(32)30(21)19(15)22(33)35-9-14-3-5-17(34-2)6-4-14;1-7-17-18-15(29-7)28-5-8-4-27-13-10(12(24)22(13)11(8)14(25)26)2-9(23)3-21-6-16-19-20-21/h3-8,10-11,13,23,26,32H,9,12,14-15H2,1-2H3;3-6,12,18,21H,7-11H2,1-2H3;6,10,13H,2-5H2,1H3,(H,25,26)/t23-,26-;18-,21-;10-,13-/m111/s1. The number of hydrogen-bond donors (Lipinski definition) is 2. The van der Waals surface area contributed by atoms with Crippen LogP contribution in [-0.4, -0.2) is 214 Å². The number of esters is 2. The normalized spacial score (nSPS) is 19.4. The highest BCUT2D eigenvalue weighted by atomic mass is 32.2. The number of methoxy groups -OCH3 is 2. The monoisotopic (exact) mass is 1580 g/mol. The molecule has 3 saturated heterocycles. The lowest BCUT2D eigenvalue weighted by Crippen LogP contribution is -2.64. The molecule has 3 fully saturated rings. The van der Waals surface area contributed by atoms with Gasteiger partial charge in [-0.3, -0.25) is 43.7 Å². The molecule has 6 aliphatic heterocycles. The van der Waals surface area contributed by atoms with Gasteiger partial charge in [0.15, 0.2) is 26.3 Å². The van der Waals surface area contributed by atoms with E-state index in [-0.39, 0.29) is 102 Å². The highest BCUT2D eigenvalue weighted by molar-refractivity contribution is 8.02. The fourth-order valence-corrected chi connectivity index (χ4v) is 20.3. The highest BCUT2D eigenvalue weighted by Gasteiger charge is 2.56. The molecule has 8 aromatic rings. The van der Waals surface area contributed by atoms with Gasteiger partial charge in [-0.25, -0.2) is 23.7 Å². The van der Waals surface area contributed by atoms with Gasteiger partial charge in [0.2, 0.25) is 11.8 Å². The first-order valence-electron chi connectivity index (χ1n) is 32.1. The summed E-state index contributed by atoms with van der Waals surface area (Å²) in [6, 6.07) is 20.6. The van der Waals surface area contributed by atoms with Crippen molar-refractivity contribution >= 4 is 146 Å². The SMILES string of the molecule is COc1ccc(COC(=O)C2=C(CCc3nnc(C)s3)CS[C@@H]3[C@H](N=Cc4ccccc4O)C(=O)N23)cc1.COc1ccc(COC(=O)C2=C(CSc3nnc(C)s3)CS[C@@H]3[C@H](CC(=O)Cn4cnnn4)C(=O)N23)cc1.Cc1nnc(SCC2=C(C(=O)O)N3C(=O)[C@@H](CC(=O)Cn4cnnn4)[C@H]3SC2)s1. The van der Waals surface area contributed by atoms with Gasteiger partial charge in [-0.2, -0.15) is 0 Å². The van der Waals surface area contributed by atoms with E-state index < -0.39 is 35.8 Å². The summed E-state index contributed by atoms with van der Waals surface area (Å²) in [5.41, 5.74) is 5.01. The molecule has 32 nitrogen and oxygen atoms in total. The average molecular weight is 1580 g/mol. The molecular weight excluding hydrogens is 1510 g/mol. The van der Waals surface area contributed by atoms with E-state index in [0.717, 1.165) is 51.0 Å². The van der Waals surface area contributed by atoms with Crippen LogP contribution in [0.3, 0.4) is 0 Å². The fourth-order valence-electron chi connectivity index (χ4n) is 11.5. The molecule has 6 aliphatic rings. The van der Waals surface area contributed by atoms with Crippen LogP contribution in [0.15, 0.2) is 133 Å². The van der Waals surface area contributed by atoms with Gasteiger partial charge in [0, 0.05) is 59.8 Å². The third kappa shape index (κ3) is 18.1. The molecule has 0 radical (unpaired) electrons. The molecule has 0 bridgehead atoms. The quantitative estimate of drug-likeness (QED) is 0.0229. The van der Waals surface area contributed by atoms with Crippen molar-refractivity contribution in [1.82, 2.24) is 85.7 Å². The maximum Gasteiger partial charge on any atom is 0.355 e. The number of Topliss-reactive ketones (excluding diaryl/α,β-unsaturated/α-hetero) is 2. The summed E-state index contributed by atoms with van der Waals surface area (Å²) in [7, 11) is 3.17. The number of aliphatic imine (C=N–C) groups is 1. The Morgan fingerprint density at radius 2 is 1.04 bits per heavy atom. The third-order valence-corrected chi connectivity index (χ3v) is 25.7. The molecule has 11 heterocycles. The van der Waals surface area contributed by atoms with Crippen molar-refractivity contribution in [2.75, 3.05) is 43.0 Å². The number of rotatable bonds is 28. The second kappa shape index (κ2) is 34.7. The van der Waals surface area contributed by atoms with E-state index in [2.05, 4.69) is 66.6 Å². The molecule has 5 aromatic heterocycles. The minimum Gasteiger partial charge on any atom is -0.507 e. The number of amides is 3.